The molecule has 0 bridgehead atoms. The molecular formula is C15H13NO6S. The molecule has 2 rings (SSSR count). The normalized spacial score (nSPS) is 10.4. The molecule has 0 aliphatic heterocycles. The highest BCUT2D eigenvalue weighted by molar-refractivity contribution is 7.09. The molecule has 0 aliphatic carbocycles. The summed E-state index contributed by atoms with van der Waals surface area (Å²) in [4.78, 5) is 48.0. The largest absolute Gasteiger partial charge is 0.467 e. The molecule has 0 spiro atoms. The smallest absolute Gasteiger partial charge is 0.341 e. The van der Waals surface area contributed by atoms with Crippen LogP contribution in [0, 0.1) is 0 Å². The molecule has 8 heteroatoms. The van der Waals surface area contributed by atoms with Gasteiger partial charge in [-0.25, -0.2) is 13.5 Å². The van der Waals surface area contributed by atoms with Gasteiger partial charge in [-0.15, -0.1) is 0 Å². The quantitative estimate of drug-likeness (QED) is 0.460. The Morgan fingerprint density at radius 2 is 1.61 bits per heavy atom. The number of aromatic nitrogens is 1. The van der Waals surface area contributed by atoms with Crippen molar-refractivity contribution in [2.75, 3.05) is 14.2 Å². The fourth-order valence-electron chi connectivity index (χ4n) is 1.88. The first-order valence-electron chi connectivity index (χ1n) is 6.48. The lowest BCUT2D eigenvalue weighted by Crippen LogP contribution is -2.33. The Hall–Kier alpha value is -2.74. The average molecular weight is 335 g/mol. The molecule has 0 unspecified atom stereocenters. The number of nitrogens with zero attached hydrogens (tertiary/aromatic N) is 1. The van der Waals surface area contributed by atoms with Crippen molar-refractivity contribution in [2.45, 2.75) is 6.04 Å². The molecule has 0 atom stereocenters. The molecule has 7 nitrogen and oxygen atoms in total. The highest BCUT2D eigenvalue weighted by atomic mass is 32.1. The van der Waals surface area contributed by atoms with Crippen molar-refractivity contribution < 1.29 is 23.9 Å². The number of carbonyl (C=O) groups is 3. The summed E-state index contributed by atoms with van der Waals surface area (Å²) in [5, 5.41) is 0. The van der Waals surface area contributed by atoms with Crippen molar-refractivity contribution in [3.63, 3.8) is 0 Å². The highest BCUT2D eigenvalue weighted by Crippen LogP contribution is 2.18. The van der Waals surface area contributed by atoms with Crippen LogP contribution in [0.4, 0.5) is 0 Å². The Morgan fingerprint density at radius 3 is 2.13 bits per heavy atom. The minimum absolute atomic E-state index is 0.110. The molecule has 23 heavy (non-hydrogen) atoms. The lowest BCUT2D eigenvalue weighted by atomic mass is 10.1. The number of hydrogen-bond acceptors (Lipinski definition) is 7. The van der Waals surface area contributed by atoms with Gasteiger partial charge in [0.2, 0.25) is 11.8 Å². The van der Waals surface area contributed by atoms with Crippen LogP contribution in [0.2, 0.25) is 0 Å². The van der Waals surface area contributed by atoms with E-state index in [1.807, 2.05) is 0 Å². The maximum absolute atomic E-state index is 12.3. The Morgan fingerprint density at radius 1 is 1.04 bits per heavy atom. The van der Waals surface area contributed by atoms with Gasteiger partial charge in [0.05, 0.1) is 19.1 Å². The van der Waals surface area contributed by atoms with Crippen LogP contribution in [0.15, 0.2) is 41.2 Å². The summed E-state index contributed by atoms with van der Waals surface area (Å²) in [6.45, 7) is 0. The predicted octanol–water partition coefficient (Wildman–Crippen LogP) is 1.03. The first-order chi connectivity index (χ1) is 11.0. The van der Waals surface area contributed by atoms with Gasteiger partial charge in [-0.1, -0.05) is 41.9 Å². The molecule has 0 amide bonds. The Labute approximate surface area is 135 Å². The van der Waals surface area contributed by atoms with E-state index in [9.17, 15) is 19.2 Å². The van der Waals surface area contributed by atoms with Gasteiger partial charge >= 0.3 is 11.9 Å². The second kappa shape index (κ2) is 7.01. The number of esters is 2. The van der Waals surface area contributed by atoms with Gasteiger partial charge in [0.15, 0.2) is 0 Å². The topological polar surface area (TPSA) is 91.7 Å². The van der Waals surface area contributed by atoms with Gasteiger partial charge in [-0.3, -0.25) is 9.59 Å². The van der Waals surface area contributed by atoms with Gasteiger partial charge in [-0.2, -0.15) is 0 Å². The molecule has 2 aromatic rings. The van der Waals surface area contributed by atoms with E-state index in [0.717, 1.165) is 24.2 Å². The van der Waals surface area contributed by atoms with Crippen LogP contribution < -0.4 is 5.56 Å². The van der Waals surface area contributed by atoms with Crippen molar-refractivity contribution >= 4 is 29.3 Å². The summed E-state index contributed by atoms with van der Waals surface area (Å²) in [7, 11) is 2.18. The number of benzene rings is 1. The minimum atomic E-state index is -1.57. The number of ketones is 1. The molecule has 0 saturated carbocycles. The van der Waals surface area contributed by atoms with Crippen molar-refractivity contribution in [3.8, 4) is 0 Å². The number of methoxy groups -OCH3 is 2. The first-order valence-corrected chi connectivity index (χ1v) is 7.25. The molecular weight excluding hydrogens is 322 g/mol. The summed E-state index contributed by atoms with van der Waals surface area (Å²) in [6, 6.07) is 7.87. The van der Waals surface area contributed by atoms with Gasteiger partial charge in [0.1, 0.15) is 0 Å². The van der Waals surface area contributed by atoms with E-state index in [-0.39, 0.29) is 10.7 Å². The maximum atomic E-state index is 12.3. The van der Waals surface area contributed by atoms with Gasteiger partial charge in [0, 0.05) is 11.6 Å². The lowest BCUT2D eigenvalue weighted by molar-refractivity contribution is -0.157. The van der Waals surface area contributed by atoms with E-state index in [0.29, 0.717) is 17.1 Å². The van der Waals surface area contributed by atoms with Gasteiger partial charge in [0.25, 0.3) is 5.56 Å². The Kier molecular flexibility index (Phi) is 5.07. The van der Waals surface area contributed by atoms with Gasteiger partial charge in [-0.05, 0) is 0 Å². The molecule has 0 aliphatic rings. The number of carbonyl (C=O) groups excluding carboxylic acids is 3. The molecule has 0 radical (unpaired) electrons. The molecule has 1 heterocycles. The Balaban J connectivity index is 2.44. The maximum Gasteiger partial charge on any atom is 0.341 e. The summed E-state index contributed by atoms with van der Waals surface area (Å²) >= 11 is 0.711. The van der Waals surface area contributed by atoms with E-state index in [1.165, 1.54) is 0 Å². The van der Waals surface area contributed by atoms with Crippen molar-refractivity contribution in [3.05, 3.63) is 57.2 Å². The van der Waals surface area contributed by atoms with E-state index >= 15 is 0 Å². The van der Waals surface area contributed by atoms with E-state index in [1.54, 1.807) is 30.3 Å². The standard InChI is InChI=1S/C15H13NO6S/c1-21-14(19)12(15(20)22-2)16-11(17)8-10(23-16)13(18)9-6-4-3-5-7-9/h3-8,12H,1-2H3. The Bertz CT molecular complexity index is 776. The van der Waals surface area contributed by atoms with Crippen molar-refractivity contribution in [1.29, 1.82) is 0 Å². The number of hydrogen-bond donors (Lipinski definition) is 0. The lowest BCUT2D eigenvalue weighted by Gasteiger charge is -2.11. The summed E-state index contributed by atoms with van der Waals surface area (Å²) < 4.78 is 9.91. The zero-order valence-electron chi connectivity index (χ0n) is 12.3. The summed E-state index contributed by atoms with van der Waals surface area (Å²) in [5.74, 6) is -2.26. The zero-order chi connectivity index (χ0) is 17.0. The predicted molar refractivity (Wildman–Crippen MR) is 81.5 cm³/mol. The van der Waals surface area contributed by atoms with Crippen molar-refractivity contribution in [1.82, 2.24) is 3.96 Å². The third-order valence-corrected chi connectivity index (χ3v) is 4.10. The molecule has 0 N–H and O–H groups in total. The third kappa shape index (κ3) is 3.37. The monoisotopic (exact) mass is 335 g/mol. The molecule has 120 valence electrons. The van der Waals surface area contributed by atoms with Crippen LogP contribution in [-0.2, 0) is 19.1 Å². The third-order valence-electron chi connectivity index (χ3n) is 3.01. The van der Waals surface area contributed by atoms with E-state index in [2.05, 4.69) is 9.47 Å². The highest BCUT2D eigenvalue weighted by Gasteiger charge is 2.33. The van der Waals surface area contributed by atoms with Gasteiger partial charge < -0.3 is 9.47 Å². The van der Waals surface area contributed by atoms with Crippen LogP contribution >= 0.6 is 11.5 Å². The fourth-order valence-corrected chi connectivity index (χ4v) is 2.87. The second-order valence-electron chi connectivity index (χ2n) is 4.41. The average Bonchev–Trinajstić information content (AvgIpc) is 2.96. The van der Waals surface area contributed by atoms with Crippen LogP contribution in [0.1, 0.15) is 21.3 Å². The van der Waals surface area contributed by atoms with Crippen LogP contribution in [0.5, 0.6) is 0 Å². The fraction of sp³-hybridized carbons (Fsp3) is 0.200. The number of ether oxygens (including phenoxy) is 2. The van der Waals surface area contributed by atoms with E-state index < -0.39 is 23.5 Å². The van der Waals surface area contributed by atoms with Crippen LogP contribution in [-0.4, -0.2) is 35.9 Å². The van der Waals surface area contributed by atoms with Crippen LogP contribution in [0.3, 0.4) is 0 Å². The van der Waals surface area contributed by atoms with Crippen molar-refractivity contribution in [2.24, 2.45) is 0 Å². The van der Waals surface area contributed by atoms with Crippen LogP contribution in [0.25, 0.3) is 0 Å². The number of rotatable bonds is 5. The second-order valence-corrected chi connectivity index (χ2v) is 5.42. The SMILES string of the molecule is COC(=O)C(C(=O)OC)n1sc(C(=O)c2ccccc2)cc1=O. The first kappa shape index (κ1) is 16.6. The van der Waals surface area contributed by atoms with E-state index in [4.69, 9.17) is 0 Å². The molecule has 0 fully saturated rings. The zero-order valence-corrected chi connectivity index (χ0v) is 13.2. The summed E-state index contributed by atoms with van der Waals surface area (Å²) in [5.41, 5.74) is -0.260. The molecule has 1 aromatic heterocycles. The molecule has 1 aromatic carbocycles. The minimum Gasteiger partial charge on any atom is -0.467 e. The molecule has 0 saturated heterocycles. The summed E-state index contributed by atoms with van der Waals surface area (Å²) in [6.07, 6.45) is 0.